The van der Waals surface area contributed by atoms with E-state index in [1.807, 2.05) is 24.3 Å². The molecule has 0 radical (unpaired) electrons. The number of carbonyl (C=O) groups is 3. The van der Waals surface area contributed by atoms with E-state index in [1.54, 1.807) is 6.20 Å². The van der Waals surface area contributed by atoms with Crippen LogP contribution in [0.3, 0.4) is 0 Å². The van der Waals surface area contributed by atoms with Gasteiger partial charge in [0.15, 0.2) is 0 Å². The second kappa shape index (κ2) is 10.1. The zero-order valence-electron chi connectivity index (χ0n) is 19.5. The van der Waals surface area contributed by atoms with Crippen molar-refractivity contribution >= 4 is 38.6 Å². The number of hydrogen-bond acceptors (Lipinski definition) is 5. The molecule has 0 spiro atoms. The number of primary amides is 1. The predicted octanol–water partition coefficient (Wildman–Crippen LogP) is 0.606. The second-order valence-corrected chi connectivity index (χ2v) is 10.6. The highest BCUT2D eigenvalue weighted by molar-refractivity contribution is 7.88. The molecular formula is C24H26FN5O5S. The van der Waals surface area contributed by atoms with Gasteiger partial charge >= 0.3 is 0 Å². The number of piperazine rings is 1. The van der Waals surface area contributed by atoms with Crippen molar-refractivity contribution in [2.45, 2.75) is 18.5 Å². The normalized spacial score (nSPS) is 17.6. The monoisotopic (exact) mass is 515 g/mol. The molecule has 0 saturated carbocycles. The highest BCUT2D eigenvalue weighted by Gasteiger charge is 2.40. The van der Waals surface area contributed by atoms with Gasteiger partial charge in [-0.25, -0.2) is 12.8 Å². The average molecular weight is 516 g/mol. The molecule has 1 aromatic heterocycles. The van der Waals surface area contributed by atoms with Gasteiger partial charge in [0.05, 0.1) is 6.26 Å². The largest absolute Gasteiger partial charge is 0.368 e. The van der Waals surface area contributed by atoms with Gasteiger partial charge in [-0.05, 0) is 29.8 Å². The maximum atomic E-state index is 13.6. The number of rotatable bonds is 7. The van der Waals surface area contributed by atoms with E-state index in [0.29, 0.717) is 0 Å². The zero-order chi connectivity index (χ0) is 26.0. The molecule has 12 heteroatoms. The summed E-state index contributed by atoms with van der Waals surface area (Å²) in [6.45, 7) is -0.394. The summed E-state index contributed by atoms with van der Waals surface area (Å²) in [7, 11) is -3.82. The van der Waals surface area contributed by atoms with Crippen molar-refractivity contribution < 1.29 is 27.2 Å². The van der Waals surface area contributed by atoms with E-state index in [9.17, 15) is 27.2 Å². The molecule has 2 atom stereocenters. The van der Waals surface area contributed by atoms with Crippen LogP contribution in [0.25, 0.3) is 10.9 Å². The fourth-order valence-electron chi connectivity index (χ4n) is 4.38. The molecule has 0 unspecified atom stereocenters. The number of halogens is 1. The number of benzene rings is 2. The molecule has 2 heterocycles. The maximum absolute atomic E-state index is 13.6. The molecular weight excluding hydrogens is 489 g/mol. The Morgan fingerprint density at radius 3 is 2.61 bits per heavy atom. The van der Waals surface area contributed by atoms with Crippen molar-refractivity contribution in [2.24, 2.45) is 5.73 Å². The van der Waals surface area contributed by atoms with Crippen molar-refractivity contribution in [3.05, 3.63) is 71.7 Å². The van der Waals surface area contributed by atoms with E-state index in [-0.39, 0.29) is 31.6 Å². The third-order valence-electron chi connectivity index (χ3n) is 6.18. The first kappa shape index (κ1) is 25.3. The van der Waals surface area contributed by atoms with Gasteiger partial charge in [-0.3, -0.25) is 14.4 Å². The number of fused-ring (bicyclic) bond motifs is 1. The van der Waals surface area contributed by atoms with Crippen LogP contribution in [0.2, 0.25) is 0 Å². The number of nitrogens with two attached hydrogens (primary N) is 1. The van der Waals surface area contributed by atoms with E-state index in [4.69, 9.17) is 5.73 Å². The number of nitrogens with one attached hydrogen (secondary N) is 2. The van der Waals surface area contributed by atoms with Crippen molar-refractivity contribution in [3.63, 3.8) is 0 Å². The quantitative estimate of drug-likeness (QED) is 0.422. The molecule has 4 rings (SSSR count). The lowest BCUT2D eigenvalue weighted by atomic mass is 10.0. The van der Waals surface area contributed by atoms with Crippen LogP contribution in [0.5, 0.6) is 0 Å². The summed E-state index contributed by atoms with van der Waals surface area (Å²) in [5, 5.41) is 3.43. The van der Waals surface area contributed by atoms with Crippen LogP contribution in [0.1, 0.15) is 15.9 Å². The zero-order valence-corrected chi connectivity index (χ0v) is 20.3. The lowest BCUT2D eigenvalue weighted by molar-refractivity contribution is -0.130. The summed E-state index contributed by atoms with van der Waals surface area (Å²) in [4.78, 5) is 42.8. The Balaban J connectivity index is 1.55. The fraction of sp³-hybridized carbons (Fsp3) is 0.292. The summed E-state index contributed by atoms with van der Waals surface area (Å²) < 4.78 is 39.4. The van der Waals surface area contributed by atoms with E-state index < -0.39 is 45.6 Å². The van der Waals surface area contributed by atoms with Gasteiger partial charge in [-0.1, -0.05) is 24.3 Å². The standard InChI is InChI=1S/C24H26FN5O5S/c1-36(34,35)30-10-9-29(24(33)15-5-4-6-17(25)11-15)14-21(30)23(32)28-20(22(26)31)12-16-13-27-19-8-3-2-7-18(16)19/h2-8,11,13,20-21,27H,9-10,12,14H2,1H3,(H2,26,31)(H,28,32)/t20-,21-/m1/s1. The van der Waals surface area contributed by atoms with E-state index in [2.05, 4.69) is 10.3 Å². The summed E-state index contributed by atoms with van der Waals surface area (Å²) in [5.41, 5.74) is 7.25. The number of sulfonamides is 1. The van der Waals surface area contributed by atoms with Gasteiger partial charge in [-0.2, -0.15) is 4.31 Å². The number of carbonyl (C=O) groups excluding carboxylic acids is 3. The minimum atomic E-state index is -3.82. The SMILES string of the molecule is CS(=O)(=O)N1CCN(C(=O)c2cccc(F)c2)C[C@@H]1C(=O)N[C@H](Cc1c[nH]c2ccccc12)C(N)=O. The van der Waals surface area contributed by atoms with Gasteiger partial charge in [0, 0.05) is 48.7 Å². The number of hydrogen-bond donors (Lipinski definition) is 3. The Hall–Kier alpha value is -3.77. The minimum absolute atomic E-state index is 0.0147. The highest BCUT2D eigenvalue weighted by atomic mass is 32.2. The Morgan fingerprint density at radius 2 is 1.92 bits per heavy atom. The molecule has 1 saturated heterocycles. The van der Waals surface area contributed by atoms with E-state index in [0.717, 1.165) is 33.1 Å². The third-order valence-corrected chi connectivity index (χ3v) is 7.47. The van der Waals surface area contributed by atoms with E-state index >= 15 is 0 Å². The fourth-order valence-corrected chi connectivity index (χ4v) is 5.41. The molecule has 3 amide bonds. The number of nitrogens with zero attached hydrogens (tertiary/aromatic N) is 2. The smallest absolute Gasteiger partial charge is 0.254 e. The molecule has 0 aliphatic carbocycles. The first-order valence-corrected chi connectivity index (χ1v) is 13.1. The Bertz CT molecular complexity index is 1420. The van der Waals surface area contributed by atoms with Crippen molar-refractivity contribution in [2.75, 3.05) is 25.9 Å². The molecule has 1 aliphatic heterocycles. The molecule has 0 bridgehead atoms. The van der Waals surface area contributed by atoms with Gasteiger partial charge in [-0.15, -0.1) is 0 Å². The molecule has 4 N–H and O–H groups in total. The molecule has 1 aliphatic rings. The van der Waals surface area contributed by atoms with Crippen LogP contribution in [0.4, 0.5) is 4.39 Å². The molecule has 1 fully saturated rings. The van der Waals surface area contributed by atoms with Gasteiger partial charge in [0.2, 0.25) is 21.8 Å². The lowest BCUT2D eigenvalue weighted by Gasteiger charge is -2.39. The topological polar surface area (TPSA) is 146 Å². The lowest BCUT2D eigenvalue weighted by Crippen LogP contribution is -2.63. The van der Waals surface area contributed by atoms with Gasteiger partial charge in [0.1, 0.15) is 17.9 Å². The highest BCUT2D eigenvalue weighted by Crippen LogP contribution is 2.20. The molecule has 190 valence electrons. The van der Waals surface area contributed by atoms with Crippen LogP contribution >= 0.6 is 0 Å². The average Bonchev–Trinajstić information content (AvgIpc) is 3.25. The first-order valence-electron chi connectivity index (χ1n) is 11.2. The predicted molar refractivity (Wildman–Crippen MR) is 131 cm³/mol. The van der Waals surface area contributed by atoms with Crippen molar-refractivity contribution in [1.82, 2.24) is 19.5 Å². The summed E-state index contributed by atoms with van der Waals surface area (Å²) in [5.74, 6) is -2.68. The number of aromatic amines is 1. The van der Waals surface area contributed by atoms with Crippen LogP contribution in [-0.2, 0) is 26.0 Å². The summed E-state index contributed by atoms with van der Waals surface area (Å²) >= 11 is 0. The Morgan fingerprint density at radius 1 is 1.17 bits per heavy atom. The van der Waals surface area contributed by atoms with E-state index in [1.165, 1.54) is 23.1 Å². The van der Waals surface area contributed by atoms with Crippen LogP contribution in [0.15, 0.2) is 54.7 Å². The van der Waals surface area contributed by atoms with Crippen molar-refractivity contribution in [3.8, 4) is 0 Å². The Labute approximate surface area is 207 Å². The molecule has 36 heavy (non-hydrogen) atoms. The van der Waals surface area contributed by atoms with Crippen LogP contribution in [0, 0.1) is 5.82 Å². The second-order valence-electron chi connectivity index (χ2n) is 8.68. The molecule has 3 aromatic rings. The molecule has 10 nitrogen and oxygen atoms in total. The third kappa shape index (κ3) is 5.39. The van der Waals surface area contributed by atoms with Crippen LogP contribution < -0.4 is 11.1 Å². The summed E-state index contributed by atoms with van der Waals surface area (Å²) in [6.07, 6.45) is 2.77. The number of H-pyrrole nitrogens is 1. The van der Waals surface area contributed by atoms with Gasteiger partial charge < -0.3 is 20.9 Å². The minimum Gasteiger partial charge on any atom is -0.368 e. The number of para-hydroxylation sites is 1. The van der Waals surface area contributed by atoms with Gasteiger partial charge in [0.25, 0.3) is 5.91 Å². The molecule has 2 aromatic carbocycles. The Kier molecular flexibility index (Phi) is 7.09. The maximum Gasteiger partial charge on any atom is 0.254 e. The van der Waals surface area contributed by atoms with Crippen molar-refractivity contribution in [1.29, 1.82) is 0 Å². The summed E-state index contributed by atoms with van der Waals surface area (Å²) in [6, 6.07) is 10.1. The number of aromatic nitrogens is 1. The first-order chi connectivity index (χ1) is 17.0. The number of amides is 3. The van der Waals surface area contributed by atoms with Crippen LogP contribution in [-0.4, -0.2) is 78.3 Å².